The Morgan fingerprint density at radius 1 is 0.878 bits per heavy atom. The highest BCUT2D eigenvalue weighted by Crippen LogP contribution is 2.20. The molecule has 0 spiro atoms. The number of nitrogens with zero attached hydrogens (tertiary/aromatic N) is 4. The number of hydrogen-bond acceptors (Lipinski definition) is 8. The highest BCUT2D eigenvalue weighted by Gasteiger charge is 2.33. The minimum atomic E-state index is -0.413. The number of hydrogen-bond donors (Lipinski definition) is 1. The van der Waals surface area contributed by atoms with Crippen LogP contribution in [0.25, 0.3) is 0 Å². The zero-order valence-electron chi connectivity index (χ0n) is 26.2. The van der Waals surface area contributed by atoms with Crippen LogP contribution in [-0.2, 0) is 19.1 Å². The molecule has 12 heteroatoms. The molecule has 4 heterocycles. The second-order valence-corrected chi connectivity index (χ2v) is 12.6. The van der Waals surface area contributed by atoms with E-state index < -0.39 is 5.60 Å². The molecule has 2 amide bonds. The number of piperidine rings is 2. The maximum atomic E-state index is 11.6. The molecule has 238 valence electrons. The molecule has 2 atom stereocenters. The van der Waals surface area contributed by atoms with Crippen LogP contribution in [0.3, 0.4) is 0 Å². The van der Waals surface area contributed by atoms with Gasteiger partial charge in [-0.05, 0) is 47.5 Å². The van der Waals surface area contributed by atoms with Crippen molar-refractivity contribution >= 4 is 23.8 Å². The van der Waals surface area contributed by atoms with Gasteiger partial charge in [0.05, 0.1) is 46.1 Å². The van der Waals surface area contributed by atoms with E-state index in [0.29, 0.717) is 43.6 Å². The van der Waals surface area contributed by atoms with Crippen molar-refractivity contribution in [3.8, 4) is 0 Å². The lowest BCUT2D eigenvalue weighted by atomic mass is 10.1. The van der Waals surface area contributed by atoms with Gasteiger partial charge in [-0.25, -0.2) is 9.59 Å². The van der Waals surface area contributed by atoms with E-state index in [1.54, 1.807) is 9.80 Å². The highest BCUT2D eigenvalue weighted by molar-refractivity contribution is 5.79. The van der Waals surface area contributed by atoms with Crippen LogP contribution < -0.4 is 29.7 Å². The molecule has 0 bridgehead atoms. The second-order valence-electron chi connectivity index (χ2n) is 12.6. The number of quaternary nitrogens is 1. The molecule has 0 saturated carbocycles. The third-order valence-corrected chi connectivity index (χ3v) is 8.06. The number of carbonyl (C=O) groups excluding carboxylic acids is 4. The first kappa shape index (κ1) is 37.5. The molecular formula is C29H54IN5O6. The van der Waals surface area contributed by atoms with Crippen molar-refractivity contribution in [3.63, 3.8) is 0 Å². The third-order valence-electron chi connectivity index (χ3n) is 8.06. The summed E-state index contributed by atoms with van der Waals surface area (Å²) in [4.78, 5) is 50.8. The van der Waals surface area contributed by atoms with Crippen molar-refractivity contribution in [2.24, 2.45) is 5.73 Å². The lowest BCUT2D eigenvalue weighted by Crippen LogP contribution is -3.00. The number of amides is 2. The van der Waals surface area contributed by atoms with Crippen LogP contribution in [0.4, 0.5) is 9.59 Å². The van der Waals surface area contributed by atoms with Gasteiger partial charge in [-0.3, -0.25) is 14.5 Å². The van der Waals surface area contributed by atoms with Gasteiger partial charge >= 0.3 is 12.2 Å². The Morgan fingerprint density at radius 2 is 1.41 bits per heavy atom. The molecule has 41 heavy (non-hydrogen) atoms. The molecular weight excluding hydrogens is 641 g/mol. The number of nitrogens with two attached hydrogens (primary N) is 1. The second kappa shape index (κ2) is 17.6. The molecule has 0 aromatic heterocycles. The van der Waals surface area contributed by atoms with Crippen molar-refractivity contribution in [3.05, 3.63) is 0 Å². The first-order chi connectivity index (χ1) is 18.7. The summed E-state index contributed by atoms with van der Waals surface area (Å²) >= 11 is 0. The first-order valence-electron chi connectivity index (χ1n) is 15.0. The molecule has 11 nitrogen and oxygen atoms in total. The summed E-state index contributed by atoms with van der Waals surface area (Å²) in [6, 6.07) is 0.528. The molecule has 4 aliphatic heterocycles. The summed E-state index contributed by atoms with van der Waals surface area (Å²) in [5.41, 5.74) is 5.26. The molecule has 4 saturated heterocycles. The normalized spacial score (nSPS) is 24.4. The summed E-state index contributed by atoms with van der Waals surface area (Å²) < 4.78 is 11.3. The van der Waals surface area contributed by atoms with Crippen LogP contribution in [0.2, 0.25) is 0 Å². The van der Waals surface area contributed by atoms with Crippen molar-refractivity contribution < 1.29 is 57.1 Å². The van der Waals surface area contributed by atoms with Gasteiger partial charge in [0.1, 0.15) is 17.2 Å². The van der Waals surface area contributed by atoms with Crippen LogP contribution in [-0.4, -0.2) is 133 Å². The monoisotopic (exact) mass is 695 g/mol. The van der Waals surface area contributed by atoms with E-state index in [-0.39, 0.29) is 42.2 Å². The maximum absolute atomic E-state index is 11.6. The summed E-state index contributed by atoms with van der Waals surface area (Å²) in [5, 5.41) is 0. The minimum absolute atomic E-state index is 0. The topological polar surface area (TPSA) is 122 Å². The minimum Gasteiger partial charge on any atom is -1.00 e. The summed E-state index contributed by atoms with van der Waals surface area (Å²) in [5.74, 6) is 0.811. The number of Topliss-reactive ketones (excluding diaryl/α,β-unsaturated/α-hetero) is 2. The number of halogens is 1. The average molecular weight is 696 g/mol. The number of carbonyl (C=O) groups is 4. The lowest BCUT2D eigenvalue weighted by Gasteiger charge is -2.36. The van der Waals surface area contributed by atoms with Gasteiger partial charge in [-0.1, -0.05) is 0 Å². The van der Waals surface area contributed by atoms with Crippen molar-refractivity contribution in [2.75, 3.05) is 72.6 Å². The van der Waals surface area contributed by atoms with Crippen LogP contribution in [0.1, 0.15) is 73.1 Å². The molecule has 0 radical (unpaired) electrons. The molecule has 4 aliphatic rings. The van der Waals surface area contributed by atoms with Crippen LogP contribution in [0.15, 0.2) is 0 Å². The van der Waals surface area contributed by atoms with Crippen LogP contribution >= 0.6 is 0 Å². The number of likely N-dealkylation sites (tertiary alicyclic amines) is 4. The van der Waals surface area contributed by atoms with Gasteiger partial charge in [-0.15, -0.1) is 0 Å². The first-order valence-corrected chi connectivity index (χ1v) is 15.0. The number of ether oxygens (including phenoxy) is 2. The Balaban J connectivity index is 0.000000315. The zero-order chi connectivity index (χ0) is 29.9. The Hall–Kier alpha value is -1.51. The predicted octanol–water partition coefficient (Wildman–Crippen LogP) is -0.344. The fourth-order valence-corrected chi connectivity index (χ4v) is 5.18. The Labute approximate surface area is 264 Å². The fraction of sp³-hybridized carbons (Fsp3) is 0.862. The van der Waals surface area contributed by atoms with E-state index in [1.807, 2.05) is 27.7 Å². The Morgan fingerprint density at radius 3 is 1.90 bits per heavy atom. The summed E-state index contributed by atoms with van der Waals surface area (Å²) in [7, 11) is 2.23. The average Bonchev–Trinajstić information content (AvgIpc) is 3.56. The van der Waals surface area contributed by atoms with E-state index in [9.17, 15) is 19.2 Å². The quantitative estimate of drug-likeness (QED) is 0.315. The van der Waals surface area contributed by atoms with Gasteiger partial charge in [-0.2, -0.15) is 0 Å². The van der Waals surface area contributed by atoms with Crippen molar-refractivity contribution in [2.45, 2.75) is 90.8 Å². The van der Waals surface area contributed by atoms with Crippen molar-refractivity contribution in [1.29, 1.82) is 0 Å². The Kier molecular flexibility index (Phi) is 16.1. The number of rotatable bonds is 3. The highest BCUT2D eigenvalue weighted by atomic mass is 127. The molecule has 2 N–H and O–H groups in total. The summed E-state index contributed by atoms with van der Waals surface area (Å²) in [6.45, 7) is 17.8. The third kappa shape index (κ3) is 13.6. The van der Waals surface area contributed by atoms with Gasteiger partial charge in [0.2, 0.25) is 0 Å². The molecule has 0 aromatic rings. The van der Waals surface area contributed by atoms with Gasteiger partial charge in [0, 0.05) is 64.2 Å². The smallest absolute Gasteiger partial charge is 0.410 e. The van der Waals surface area contributed by atoms with Crippen molar-refractivity contribution in [1.82, 2.24) is 14.7 Å². The SMILES string of the molecule is CC(C)(C)OC(=O)N1CC[C@H](N)C1.CCOC(=O)N1CC[C@H](N2CCC(=O)CC2)C1.CC[N+]1(C)CCC(=O)CC1.[I-]. The maximum Gasteiger partial charge on any atom is 0.410 e. The molecule has 0 aromatic carbocycles. The van der Waals surface area contributed by atoms with E-state index in [0.717, 1.165) is 82.5 Å². The van der Waals surface area contributed by atoms with E-state index >= 15 is 0 Å². The van der Waals surface area contributed by atoms with Gasteiger partial charge < -0.3 is 53.5 Å². The molecule has 0 unspecified atom stereocenters. The number of ketones is 2. The van der Waals surface area contributed by atoms with Crippen LogP contribution in [0.5, 0.6) is 0 Å². The van der Waals surface area contributed by atoms with Gasteiger partial charge in [0.15, 0.2) is 0 Å². The zero-order valence-corrected chi connectivity index (χ0v) is 28.3. The molecule has 4 rings (SSSR count). The standard InChI is InChI=1S/C12H20N2O3.C9H18N2O2.C8H16NO.HI/c1-2-17-12(16)14-6-3-10(9-14)13-7-4-11(15)5-8-13;1-9(2,3)13-8(12)11-5-4-7(10)6-11;1-3-9(2)6-4-8(10)5-7-9;/h10H,2-9H2,1H3;7H,4-6,10H2,1-3H3;3-7H2,1-2H3;1H/q;;+1;/p-1/t10-;7-;;/m00../s1. The fourth-order valence-electron chi connectivity index (χ4n) is 5.18. The van der Waals surface area contributed by atoms with E-state index in [1.165, 1.54) is 0 Å². The Bertz CT molecular complexity index is 847. The predicted molar refractivity (Wildman–Crippen MR) is 154 cm³/mol. The largest absolute Gasteiger partial charge is 1.00 e. The van der Waals surface area contributed by atoms with E-state index in [2.05, 4.69) is 18.9 Å². The van der Waals surface area contributed by atoms with Crippen LogP contribution in [0, 0.1) is 0 Å². The van der Waals surface area contributed by atoms with Gasteiger partial charge in [0.25, 0.3) is 0 Å². The summed E-state index contributed by atoms with van der Waals surface area (Å²) in [6.07, 6.45) is 4.33. The molecule has 0 aliphatic carbocycles. The van der Waals surface area contributed by atoms with E-state index in [4.69, 9.17) is 15.2 Å². The molecule has 4 fully saturated rings. The lowest BCUT2D eigenvalue weighted by molar-refractivity contribution is -0.909.